The van der Waals surface area contributed by atoms with Crippen molar-refractivity contribution in [2.75, 3.05) is 6.54 Å². The number of hydrogen-bond acceptors (Lipinski definition) is 3. The van der Waals surface area contributed by atoms with Gasteiger partial charge in [0.1, 0.15) is 5.75 Å². The highest BCUT2D eigenvalue weighted by Crippen LogP contribution is 2.31. The molecule has 1 atom stereocenters. The number of phenols is 1. The second kappa shape index (κ2) is 5.19. The number of hydrogen-bond donors (Lipinski definition) is 3. The van der Waals surface area contributed by atoms with Gasteiger partial charge in [0.05, 0.1) is 6.42 Å². The Morgan fingerprint density at radius 3 is 3.06 bits per heavy atom. The molecule has 0 spiro atoms. The van der Waals surface area contributed by atoms with E-state index in [0.29, 0.717) is 6.54 Å². The summed E-state index contributed by atoms with van der Waals surface area (Å²) in [6.45, 7) is 0.467. The van der Waals surface area contributed by atoms with E-state index in [-0.39, 0.29) is 18.2 Å². The number of rotatable bonds is 4. The van der Waals surface area contributed by atoms with Crippen LogP contribution in [0.2, 0.25) is 0 Å². The van der Waals surface area contributed by atoms with Crippen LogP contribution in [-0.2, 0) is 11.2 Å². The molecule has 0 aromatic heterocycles. The lowest BCUT2D eigenvalue weighted by molar-refractivity contribution is -0.136. The first-order valence-corrected chi connectivity index (χ1v) is 5.94. The van der Waals surface area contributed by atoms with E-state index >= 15 is 0 Å². The number of carbonyl (C=O) groups is 1. The van der Waals surface area contributed by atoms with Gasteiger partial charge in [-0.1, -0.05) is 6.07 Å². The third-order valence-corrected chi connectivity index (χ3v) is 3.17. The SMILES string of the molecule is O=C(O)CCNC1CCCc2ccc(O)cc21. The maximum absolute atomic E-state index is 10.5. The molecule has 1 unspecified atom stereocenters. The van der Waals surface area contributed by atoms with Crippen molar-refractivity contribution in [3.05, 3.63) is 29.3 Å². The van der Waals surface area contributed by atoms with Crippen molar-refractivity contribution in [1.29, 1.82) is 0 Å². The molecule has 2 rings (SSSR count). The van der Waals surface area contributed by atoms with E-state index < -0.39 is 5.97 Å². The van der Waals surface area contributed by atoms with Crippen molar-refractivity contribution in [1.82, 2.24) is 5.32 Å². The van der Waals surface area contributed by atoms with E-state index in [2.05, 4.69) is 5.32 Å². The van der Waals surface area contributed by atoms with Gasteiger partial charge >= 0.3 is 5.97 Å². The van der Waals surface area contributed by atoms with Crippen LogP contribution in [0.3, 0.4) is 0 Å². The van der Waals surface area contributed by atoms with Crippen LogP contribution in [0.5, 0.6) is 5.75 Å². The lowest BCUT2D eigenvalue weighted by Gasteiger charge is -2.26. The van der Waals surface area contributed by atoms with Gasteiger partial charge in [0.2, 0.25) is 0 Å². The fraction of sp³-hybridized carbons (Fsp3) is 0.462. The van der Waals surface area contributed by atoms with E-state index in [1.807, 2.05) is 6.07 Å². The van der Waals surface area contributed by atoms with E-state index in [0.717, 1.165) is 24.8 Å². The second-order valence-electron chi connectivity index (χ2n) is 4.43. The van der Waals surface area contributed by atoms with Crippen LogP contribution in [0, 0.1) is 0 Å². The van der Waals surface area contributed by atoms with E-state index in [1.54, 1.807) is 12.1 Å². The van der Waals surface area contributed by atoms with Gasteiger partial charge in [0, 0.05) is 12.6 Å². The fourth-order valence-corrected chi connectivity index (χ4v) is 2.35. The largest absolute Gasteiger partial charge is 0.508 e. The Hall–Kier alpha value is -1.55. The van der Waals surface area contributed by atoms with Gasteiger partial charge in [0.25, 0.3) is 0 Å². The number of carboxylic acids is 1. The molecule has 0 amide bonds. The fourth-order valence-electron chi connectivity index (χ4n) is 2.35. The highest BCUT2D eigenvalue weighted by atomic mass is 16.4. The molecule has 4 nitrogen and oxygen atoms in total. The molecule has 0 fully saturated rings. The van der Waals surface area contributed by atoms with Gasteiger partial charge in [-0.3, -0.25) is 4.79 Å². The molecule has 0 aliphatic heterocycles. The van der Waals surface area contributed by atoms with Crippen molar-refractivity contribution in [2.24, 2.45) is 0 Å². The van der Waals surface area contributed by atoms with Gasteiger partial charge in [-0.15, -0.1) is 0 Å². The Balaban J connectivity index is 2.05. The number of benzene rings is 1. The smallest absolute Gasteiger partial charge is 0.304 e. The molecule has 1 aliphatic rings. The van der Waals surface area contributed by atoms with Gasteiger partial charge in [-0.05, 0) is 42.5 Å². The van der Waals surface area contributed by atoms with Gasteiger partial charge in [-0.2, -0.15) is 0 Å². The van der Waals surface area contributed by atoms with Crippen LogP contribution < -0.4 is 5.32 Å². The van der Waals surface area contributed by atoms with Crippen molar-refractivity contribution in [3.8, 4) is 5.75 Å². The Kier molecular flexibility index (Phi) is 3.64. The normalized spacial score (nSPS) is 18.7. The zero-order valence-electron chi connectivity index (χ0n) is 9.65. The molecule has 3 N–H and O–H groups in total. The first-order valence-electron chi connectivity index (χ1n) is 5.94. The molecule has 0 heterocycles. The molecule has 0 radical (unpaired) electrons. The zero-order valence-corrected chi connectivity index (χ0v) is 9.65. The lowest BCUT2D eigenvalue weighted by atomic mass is 9.87. The van der Waals surface area contributed by atoms with Crippen LogP contribution in [0.1, 0.15) is 36.4 Å². The molecule has 0 saturated heterocycles. The van der Waals surface area contributed by atoms with Crippen molar-refractivity contribution >= 4 is 5.97 Å². The maximum atomic E-state index is 10.5. The average molecular weight is 235 g/mol. The predicted molar refractivity (Wildman–Crippen MR) is 64.0 cm³/mol. The monoisotopic (exact) mass is 235 g/mol. The molecule has 0 bridgehead atoms. The highest BCUT2D eigenvalue weighted by molar-refractivity contribution is 5.66. The third-order valence-electron chi connectivity index (χ3n) is 3.17. The topological polar surface area (TPSA) is 69.6 Å². The summed E-state index contributed by atoms with van der Waals surface area (Å²) in [5.41, 5.74) is 2.36. The summed E-state index contributed by atoms with van der Waals surface area (Å²) in [5, 5.41) is 21.3. The zero-order chi connectivity index (χ0) is 12.3. The summed E-state index contributed by atoms with van der Waals surface area (Å²) in [4.78, 5) is 10.5. The number of nitrogens with one attached hydrogen (secondary N) is 1. The molecule has 92 valence electrons. The summed E-state index contributed by atoms with van der Waals surface area (Å²) >= 11 is 0. The number of aryl methyl sites for hydroxylation is 1. The summed E-state index contributed by atoms with van der Waals surface area (Å²) in [6.07, 6.45) is 3.26. The first-order chi connectivity index (χ1) is 8.16. The highest BCUT2D eigenvalue weighted by Gasteiger charge is 2.20. The minimum Gasteiger partial charge on any atom is -0.508 e. The van der Waals surface area contributed by atoms with Crippen LogP contribution in [0.15, 0.2) is 18.2 Å². The minimum atomic E-state index is -0.788. The molecular formula is C13H17NO3. The summed E-state index contributed by atoms with van der Waals surface area (Å²) in [6, 6.07) is 5.62. The van der Waals surface area contributed by atoms with Crippen LogP contribution in [0.25, 0.3) is 0 Å². The van der Waals surface area contributed by atoms with E-state index in [1.165, 1.54) is 5.56 Å². The Bertz CT molecular complexity index is 417. The third kappa shape index (κ3) is 2.97. The second-order valence-corrected chi connectivity index (χ2v) is 4.43. The minimum absolute atomic E-state index is 0.130. The van der Waals surface area contributed by atoms with Gasteiger partial charge in [-0.25, -0.2) is 0 Å². The van der Waals surface area contributed by atoms with E-state index in [4.69, 9.17) is 5.11 Å². The van der Waals surface area contributed by atoms with Crippen LogP contribution in [-0.4, -0.2) is 22.7 Å². The summed E-state index contributed by atoms with van der Waals surface area (Å²) in [7, 11) is 0. The number of carboxylic acid groups (broad SMARTS) is 1. The molecular weight excluding hydrogens is 218 g/mol. The van der Waals surface area contributed by atoms with Crippen LogP contribution in [0.4, 0.5) is 0 Å². The lowest BCUT2D eigenvalue weighted by Crippen LogP contribution is -2.27. The summed E-state index contributed by atoms with van der Waals surface area (Å²) in [5.74, 6) is -0.514. The first kappa shape index (κ1) is 11.9. The molecule has 17 heavy (non-hydrogen) atoms. The number of aromatic hydroxyl groups is 1. The molecule has 4 heteroatoms. The molecule has 1 aromatic carbocycles. The van der Waals surface area contributed by atoms with Crippen LogP contribution >= 0.6 is 0 Å². The number of phenolic OH excluding ortho intramolecular Hbond substituents is 1. The van der Waals surface area contributed by atoms with Crippen molar-refractivity contribution in [3.63, 3.8) is 0 Å². The number of fused-ring (bicyclic) bond motifs is 1. The van der Waals surface area contributed by atoms with Crippen molar-refractivity contribution < 1.29 is 15.0 Å². The Morgan fingerprint density at radius 2 is 2.29 bits per heavy atom. The predicted octanol–water partition coefficient (Wildman–Crippen LogP) is 1.83. The summed E-state index contributed by atoms with van der Waals surface area (Å²) < 4.78 is 0. The quantitative estimate of drug-likeness (QED) is 0.744. The van der Waals surface area contributed by atoms with E-state index in [9.17, 15) is 9.90 Å². The standard InChI is InChI=1S/C13H17NO3/c15-10-5-4-9-2-1-3-12(11(9)8-10)14-7-6-13(16)17/h4-5,8,12,14-15H,1-3,6-7H2,(H,16,17). The van der Waals surface area contributed by atoms with Crippen molar-refractivity contribution in [2.45, 2.75) is 31.7 Å². The Morgan fingerprint density at radius 1 is 1.47 bits per heavy atom. The number of aliphatic carboxylic acids is 1. The Labute approximate surface area is 100 Å². The van der Waals surface area contributed by atoms with Gasteiger partial charge in [0.15, 0.2) is 0 Å². The maximum Gasteiger partial charge on any atom is 0.304 e. The average Bonchev–Trinajstić information content (AvgIpc) is 2.29. The molecule has 1 aromatic rings. The molecule has 0 saturated carbocycles. The molecule has 1 aliphatic carbocycles. The van der Waals surface area contributed by atoms with Gasteiger partial charge < -0.3 is 15.5 Å².